The Morgan fingerprint density at radius 3 is 1.95 bits per heavy atom. The average Bonchev–Trinajstić information content (AvgIpc) is 2.47. The van der Waals surface area contributed by atoms with Crippen molar-refractivity contribution in [3.8, 4) is 0 Å². The molecule has 0 fully saturated rings. The Balaban J connectivity index is 2.35. The van der Waals surface area contributed by atoms with Gasteiger partial charge >= 0.3 is 6.18 Å². The molecule has 2 rings (SSSR count). The van der Waals surface area contributed by atoms with Crippen LogP contribution >= 0.6 is 11.8 Å². The van der Waals surface area contributed by atoms with E-state index in [1.54, 1.807) is 60.7 Å². The lowest BCUT2D eigenvalue weighted by Gasteiger charge is -2.09. The molecule has 0 heterocycles. The van der Waals surface area contributed by atoms with Gasteiger partial charge in [-0.1, -0.05) is 60.3 Å². The smallest absolute Gasteiger partial charge is 0.283 e. The van der Waals surface area contributed by atoms with Crippen LogP contribution in [-0.4, -0.2) is 12.0 Å². The van der Waals surface area contributed by atoms with Gasteiger partial charge in [0.05, 0.1) is 4.91 Å². The second kappa shape index (κ2) is 6.63. The maximum Gasteiger partial charge on any atom is 0.455 e. The number of alkyl halides is 3. The zero-order chi connectivity index (χ0) is 15.3. The fourth-order valence-electron chi connectivity index (χ4n) is 1.60. The molecule has 1 nitrogen and oxygen atoms in total. The molecule has 2 aromatic carbocycles. The monoisotopic (exact) mass is 308 g/mol. The maximum atomic E-state index is 12.7. The topological polar surface area (TPSA) is 17.1 Å². The fourth-order valence-corrected chi connectivity index (χ4v) is 2.55. The first-order chi connectivity index (χ1) is 9.97. The van der Waals surface area contributed by atoms with Crippen molar-refractivity contribution in [3.05, 3.63) is 71.1 Å². The molecule has 0 aliphatic heterocycles. The Bertz CT molecular complexity index is 634. The lowest BCUT2D eigenvalue weighted by molar-refractivity contribution is -0.165. The zero-order valence-corrected chi connectivity index (χ0v) is 11.6. The molecule has 0 radical (unpaired) electrons. The van der Waals surface area contributed by atoms with Crippen molar-refractivity contribution in [1.82, 2.24) is 0 Å². The van der Waals surface area contributed by atoms with Crippen molar-refractivity contribution in [2.24, 2.45) is 0 Å². The Labute approximate surface area is 124 Å². The molecule has 0 saturated heterocycles. The minimum absolute atomic E-state index is 0.347. The van der Waals surface area contributed by atoms with Crippen LogP contribution in [0.25, 0.3) is 6.08 Å². The summed E-state index contributed by atoms with van der Waals surface area (Å²) in [4.78, 5) is 11.8. The van der Waals surface area contributed by atoms with E-state index in [1.165, 1.54) is 6.08 Å². The number of thioether (sulfide) groups is 1. The van der Waals surface area contributed by atoms with Crippen LogP contribution in [0.1, 0.15) is 5.56 Å². The molecule has 108 valence electrons. The van der Waals surface area contributed by atoms with Crippen LogP contribution in [0.3, 0.4) is 0 Å². The highest BCUT2D eigenvalue weighted by atomic mass is 32.2. The second-order valence-electron chi connectivity index (χ2n) is 4.16. The SMILES string of the molecule is O=C(/C(=C/c1ccccc1)Sc1ccccc1)C(F)(F)F. The Morgan fingerprint density at radius 1 is 0.905 bits per heavy atom. The number of carbonyl (C=O) groups is 1. The van der Waals surface area contributed by atoms with E-state index < -0.39 is 12.0 Å². The van der Waals surface area contributed by atoms with Crippen LogP contribution < -0.4 is 0 Å². The molecule has 0 aromatic heterocycles. The molecule has 0 atom stereocenters. The number of hydrogen-bond acceptors (Lipinski definition) is 2. The minimum atomic E-state index is -4.89. The molecule has 0 amide bonds. The average molecular weight is 308 g/mol. The summed E-state index contributed by atoms with van der Waals surface area (Å²) in [5, 5.41) is 0. The molecule has 0 aliphatic rings. The van der Waals surface area contributed by atoms with Crippen LogP contribution in [0.5, 0.6) is 0 Å². The summed E-state index contributed by atoms with van der Waals surface area (Å²) in [6.07, 6.45) is -3.63. The number of carbonyl (C=O) groups excluding carboxylic acids is 1. The summed E-state index contributed by atoms with van der Waals surface area (Å²) in [5.41, 5.74) is 0.550. The lowest BCUT2D eigenvalue weighted by atomic mass is 10.2. The molecule has 0 N–H and O–H groups in total. The predicted octanol–water partition coefficient (Wildman–Crippen LogP) is 4.95. The van der Waals surface area contributed by atoms with Gasteiger partial charge in [-0.3, -0.25) is 4.79 Å². The zero-order valence-electron chi connectivity index (χ0n) is 10.8. The summed E-state index contributed by atoms with van der Waals surface area (Å²) >= 11 is 0.810. The van der Waals surface area contributed by atoms with Gasteiger partial charge in [-0.15, -0.1) is 0 Å². The van der Waals surface area contributed by atoms with E-state index in [4.69, 9.17) is 0 Å². The quantitative estimate of drug-likeness (QED) is 0.587. The summed E-state index contributed by atoms with van der Waals surface area (Å²) in [6.45, 7) is 0. The Morgan fingerprint density at radius 2 is 1.43 bits per heavy atom. The molecule has 0 spiro atoms. The third kappa shape index (κ3) is 4.49. The van der Waals surface area contributed by atoms with Crippen molar-refractivity contribution in [2.45, 2.75) is 11.1 Å². The third-order valence-corrected chi connectivity index (χ3v) is 3.58. The normalized spacial score (nSPS) is 12.2. The third-order valence-electron chi connectivity index (χ3n) is 2.55. The van der Waals surface area contributed by atoms with Crippen molar-refractivity contribution in [2.75, 3.05) is 0 Å². The van der Waals surface area contributed by atoms with E-state index in [9.17, 15) is 18.0 Å². The van der Waals surface area contributed by atoms with E-state index in [-0.39, 0.29) is 4.91 Å². The predicted molar refractivity (Wildman–Crippen MR) is 77.8 cm³/mol. The summed E-state index contributed by atoms with van der Waals surface area (Å²) in [7, 11) is 0. The van der Waals surface area contributed by atoms with Gasteiger partial charge in [0.25, 0.3) is 5.78 Å². The maximum absolute atomic E-state index is 12.7. The van der Waals surface area contributed by atoms with Gasteiger partial charge in [0.2, 0.25) is 0 Å². The molecule has 21 heavy (non-hydrogen) atoms. The van der Waals surface area contributed by atoms with Gasteiger partial charge in [-0.05, 0) is 23.8 Å². The standard InChI is InChI=1S/C16H11F3OS/c17-16(18,19)15(20)14(11-12-7-3-1-4-8-12)21-13-9-5-2-6-10-13/h1-11H/b14-11-. The van der Waals surface area contributed by atoms with Crippen LogP contribution in [0.4, 0.5) is 13.2 Å². The molecule has 2 aromatic rings. The van der Waals surface area contributed by atoms with Crippen molar-refractivity contribution >= 4 is 23.6 Å². The highest BCUT2D eigenvalue weighted by Crippen LogP contribution is 2.33. The molecular weight excluding hydrogens is 297 g/mol. The van der Waals surface area contributed by atoms with E-state index in [2.05, 4.69) is 0 Å². The minimum Gasteiger partial charge on any atom is -0.283 e. The molecule has 0 aliphatic carbocycles. The number of Topliss-reactive ketones (excluding diaryl/α,β-unsaturated/α-hetero) is 1. The lowest BCUT2D eigenvalue weighted by Crippen LogP contribution is -2.23. The van der Waals surface area contributed by atoms with Crippen molar-refractivity contribution in [1.29, 1.82) is 0 Å². The first-order valence-corrected chi connectivity index (χ1v) is 6.89. The first-order valence-electron chi connectivity index (χ1n) is 6.08. The highest BCUT2D eigenvalue weighted by Gasteiger charge is 2.40. The van der Waals surface area contributed by atoms with E-state index in [0.29, 0.717) is 10.5 Å². The van der Waals surface area contributed by atoms with Crippen LogP contribution in [0, 0.1) is 0 Å². The van der Waals surface area contributed by atoms with Gasteiger partial charge < -0.3 is 0 Å². The van der Waals surface area contributed by atoms with E-state index >= 15 is 0 Å². The molecular formula is C16H11F3OS. The van der Waals surface area contributed by atoms with E-state index in [0.717, 1.165) is 11.8 Å². The van der Waals surface area contributed by atoms with Gasteiger partial charge in [0, 0.05) is 4.90 Å². The molecule has 0 unspecified atom stereocenters. The number of allylic oxidation sites excluding steroid dienone is 1. The van der Waals surface area contributed by atoms with Crippen LogP contribution in [0.2, 0.25) is 0 Å². The summed E-state index contributed by atoms with van der Waals surface area (Å²) in [6, 6.07) is 17.0. The van der Waals surface area contributed by atoms with Crippen molar-refractivity contribution in [3.63, 3.8) is 0 Å². The summed E-state index contributed by atoms with van der Waals surface area (Å²) < 4.78 is 38.1. The summed E-state index contributed by atoms with van der Waals surface area (Å²) in [5.74, 6) is -1.83. The van der Waals surface area contributed by atoms with Crippen LogP contribution in [-0.2, 0) is 4.79 Å². The van der Waals surface area contributed by atoms with Crippen LogP contribution in [0.15, 0.2) is 70.5 Å². The van der Waals surface area contributed by atoms with Gasteiger partial charge in [-0.25, -0.2) is 0 Å². The Hall–Kier alpha value is -2.01. The fraction of sp³-hybridized carbons (Fsp3) is 0.0625. The Kier molecular flexibility index (Phi) is 4.85. The number of benzene rings is 2. The van der Waals surface area contributed by atoms with Gasteiger partial charge in [-0.2, -0.15) is 13.2 Å². The second-order valence-corrected chi connectivity index (χ2v) is 5.28. The van der Waals surface area contributed by atoms with Gasteiger partial charge in [0.1, 0.15) is 0 Å². The number of halogens is 3. The van der Waals surface area contributed by atoms with Crippen molar-refractivity contribution < 1.29 is 18.0 Å². The number of hydrogen-bond donors (Lipinski definition) is 0. The number of ketones is 1. The molecule has 5 heteroatoms. The number of rotatable bonds is 4. The molecule has 0 bridgehead atoms. The highest BCUT2D eigenvalue weighted by molar-refractivity contribution is 8.04. The van der Waals surface area contributed by atoms with Gasteiger partial charge in [0.15, 0.2) is 0 Å². The van der Waals surface area contributed by atoms with E-state index in [1.807, 2.05) is 0 Å². The molecule has 0 saturated carbocycles. The largest absolute Gasteiger partial charge is 0.455 e. The first kappa shape index (κ1) is 15.4.